The van der Waals surface area contributed by atoms with Gasteiger partial charge in [0.05, 0.1) is 33.9 Å². The van der Waals surface area contributed by atoms with Gasteiger partial charge in [0.2, 0.25) is 0 Å². The van der Waals surface area contributed by atoms with Crippen LogP contribution in [0.25, 0.3) is 11.0 Å². The van der Waals surface area contributed by atoms with Crippen LogP contribution in [-0.2, 0) is 9.84 Å². The van der Waals surface area contributed by atoms with Crippen molar-refractivity contribution in [2.75, 3.05) is 18.1 Å². The standard InChI is InChI=1S/C16H19N3O3S/c1-10-11(2)19-15-7-13(3-4-14(15)18-10)16(20)17-8-12-5-6-23(21,22)9-12/h3-4,7,12H,5-6,8-9H2,1-2H3,(H,17,20)/t12-/m1/s1. The Morgan fingerprint density at radius 2 is 1.91 bits per heavy atom. The number of sulfone groups is 1. The molecule has 2 heterocycles. The lowest BCUT2D eigenvalue weighted by atomic mass is 10.1. The molecule has 1 atom stereocenters. The second-order valence-electron chi connectivity index (χ2n) is 6.08. The Kier molecular flexibility index (Phi) is 4.06. The number of aromatic nitrogens is 2. The summed E-state index contributed by atoms with van der Waals surface area (Å²) in [4.78, 5) is 21.1. The van der Waals surface area contributed by atoms with Crippen LogP contribution in [0.1, 0.15) is 28.2 Å². The van der Waals surface area contributed by atoms with Crippen molar-refractivity contribution in [2.24, 2.45) is 5.92 Å². The molecular formula is C16H19N3O3S. The van der Waals surface area contributed by atoms with Crippen LogP contribution >= 0.6 is 0 Å². The first-order valence-electron chi connectivity index (χ1n) is 7.58. The van der Waals surface area contributed by atoms with Crippen LogP contribution in [-0.4, -0.2) is 42.3 Å². The predicted molar refractivity (Wildman–Crippen MR) is 88.1 cm³/mol. The molecule has 23 heavy (non-hydrogen) atoms. The number of carbonyl (C=O) groups is 1. The van der Waals surface area contributed by atoms with Gasteiger partial charge in [0, 0.05) is 12.1 Å². The molecule has 0 radical (unpaired) electrons. The first-order valence-corrected chi connectivity index (χ1v) is 9.40. The van der Waals surface area contributed by atoms with Crippen molar-refractivity contribution in [1.29, 1.82) is 0 Å². The molecule has 3 rings (SSSR count). The smallest absolute Gasteiger partial charge is 0.251 e. The molecule has 0 bridgehead atoms. The van der Waals surface area contributed by atoms with Gasteiger partial charge in [-0.2, -0.15) is 0 Å². The molecule has 1 aliphatic heterocycles. The van der Waals surface area contributed by atoms with E-state index in [2.05, 4.69) is 15.3 Å². The highest BCUT2D eigenvalue weighted by atomic mass is 32.2. The average molecular weight is 333 g/mol. The number of fused-ring (bicyclic) bond motifs is 1. The van der Waals surface area contributed by atoms with Crippen molar-refractivity contribution < 1.29 is 13.2 Å². The molecule has 1 saturated heterocycles. The minimum absolute atomic E-state index is 0.00842. The largest absolute Gasteiger partial charge is 0.352 e. The summed E-state index contributed by atoms with van der Waals surface area (Å²) in [5.41, 5.74) is 3.66. The monoisotopic (exact) mass is 333 g/mol. The van der Waals surface area contributed by atoms with Crippen LogP contribution < -0.4 is 5.32 Å². The maximum atomic E-state index is 12.2. The number of amides is 1. The molecule has 1 N–H and O–H groups in total. The number of carbonyl (C=O) groups excluding carboxylic acids is 1. The van der Waals surface area contributed by atoms with E-state index in [0.717, 1.165) is 16.9 Å². The first-order chi connectivity index (χ1) is 10.8. The number of hydrogen-bond donors (Lipinski definition) is 1. The minimum Gasteiger partial charge on any atom is -0.352 e. The number of aryl methyl sites for hydroxylation is 2. The van der Waals surface area contributed by atoms with Gasteiger partial charge in [-0.3, -0.25) is 4.79 Å². The second kappa shape index (κ2) is 5.88. The Bertz CT molecular complexity index is 878. The Balaban J connectivity index is 1.72. The lowest BCUT2D eigenvalue weighted by Crippen LogP contribution is -2.29. The van der Waals surface area contributed by atoms with Gasteiger partial charge in [-0.15, -0.1) is 0 Å². The van der Waals surface area contributed by atoms with Crippen molar-refractivity contribution >= 4 is 26.8 Å². The average Bonchev–Trinajstić information content (AvgIpc) is 2.85. The summed E-state index contributed by atoms with van der Waals surface area (Å²) in [6.45, 7) is 4.17. The zero-order chi connectivity index (χ0) is 16.6. The molecule has 0 spiro atoms. The number of benzene rings is 1. The topological polar surface area (TPSA) is 89.0 Å². The van der Waals surface area contributed by atoms with E-state index in [-0.39, 0.29) is 23.3 Å². The van der Waals surface area contributed by atoms with E-state index < -0.39 is 9.84 Å². The highest BCUT2D eigenvalue weighted by molar-refractivity contribution is 7.91. The molecule has 0 saturated carbocycles. The normalized spacial score (nSPS) is 19.8. The van der Waals surface area contributed by atoms with Crippen molar-refractivity contribution in [3.8, 4) is 0 Å². The highest BCUT2D eigenvalue weighted by Crippen LogP contribution is 2.18. The summed E-state index contributed by atoms with van der Waals surface area (Å²) in [5, 5.41) is 2.82. The zero-order valence-electron chi connectivity index (χ0n) is 13.2. The molecule has 1 aliphatic rings. The molecule has 1 aromatic carbocycles. The molecule has 2 aromatic rings. The van der Waals surface area contributed by atoms with Crippen LogP contribution in [0.4, 0.5) is 0 Å². The van der Waals surface area contributed by atoms with Crippen LogP contribution in [0.2, 0.25) is 0 Å². The van der Waals surface area contributed by atoms with Crippen LogP contribution in [0.5, 0.6) is 0 Å². The van der Waals surface area contributed by atoms with Crippen LogP contribution in [0.3, 0.4) is 0 Å². The molecule has 122 valence electrons. The third-order valence-corrected chi connectivity index (χ3v) is 6.05. The van der Waals surface area contributed by atoms with E-state index in [0.29, 0.717) is 24.0 Å². The first kappa shape index (κ1) is 15.9. The summed E-state index contributed by atoms with van der Waals surface area (Å²) >= 11 is 0. The molecule has 1 fully saturated rings. The molecule has 6 nitrogen and oxygen atoms in total. The van der Waals surface area contributed by atoms with Crippen LogP contribution in [0, 0.1) is 19.8 Å². The molecule has 0 unspecified atom stereocenters. The number of nitrogens with one attached hydrogen (secondary N) is 1. The Morgan fingerprint density at radius 1 is 1.22 bits per heavy atom. The van der Waals surface area contributed by atoms with Crippen molar-refractivity contribution in [3.05, 3.63) is 35.2 Å². The molecule has 0 aliphatic carbocycles. The lowest BCUT2D eigenvalue weighted by molar-refractivity contribution is 0.0948. The van der Waals surface area contributed by atoms with Gasteiger partial charge in [0.25, 0.3) is 5.91 Å². The number of rotatable bonds is 3. The Labute approximate surface area is 135 Å². The summed E-state index contributed by atoms with van der Waals surface area (Å²) in [6, 6.07) is 5.21. The lowest BCUT2D eigenvalue weighted by Gasteiger charge is -2.10. The molecule has 7 heteroatoms. The molecule has 1 aromatic heterocycles. The van der Waals surface area contributed by atoms with Gasteiger partial charge in [-0.05, 0) is 44.4 Å². The summed E-state index contributed by atoms with van der Waals surface area (Å²) in [5.74, 6) is 0.178. The van der Waals surface area contributed by atoms with E-state index in [4.69, 9.17) is 0 Å². The fourth-order valence-electron chi connectivity index (χ4n) is 2.74. The number of nitrogens with zero attached hydrogens (tertiary/aromatic N) is 2. The van der Waals surface area contributed by atoms with E-state index >= 15 is 0 Å². The third kappa shape index (κ3) is 3.50. The second-order valence-corrected chi connectivity index (χ2v) is 8.31. The summed E-state index contributed by atoms with van der Waals surface area (Å²) in [6.07, 6.45) is 0.615. The summed E-state index contributed by atoms with van der Waals surface area (Å²) in [7, 11) is -2.92. The molecule has 1 amide bonds. The number of hydrogen-bond acceptors (Lipinski definition) is 5. The van der Waals surface area contributed by atoms with E-state index in [1.165, 1.54) is 0 Å². The van der Waals surface area contributed by atoms with Crippen molar-refractivity contribution in [3.63, 3.8) is 0 Å². The Hall–Kier alpha value is -2.02. The maximum Gasteiger partial charge on any atom is 0.251 e. The van der Waals surface area contributed by atoms with Crippen molar-refractivity contribution in [2.45, 2.75) is 20.3 Å². The fraction of sp³-hybridized carbons (Fsp3) is 0.438. The highest BCUT2D eigenvalue weighted by Gasteiger charge is 2.28. The quantitative estimate of drug-likeness (QED) is 0.917. The van der Waals surface area contributed by atoms with Gasteiger partial charge in [-0.25, -0.2) is 18.4 Å². The Morgan fingerprint density at radius 3 is 2.57 bits per heavy atom. The summed E-state index contributed by atoms with van der Waals surface area (Å²) < 4.78 is 22.9. The third-order valence-electron chi connectivity index (χ3n) is 4.22. The van der Waals surface area contributed by atoms with Gasteiger partial charge >= 0.3 is 0 Å². The van der Waals surface area contributed by atoms with Gasteiger partial charge < -0.3 is 5.32 Å². The SMILES string of the molecule is Cc1nc2ccc(C(=O)NC[C@H]3CCS(=O)(=O)C3)cc2nc1C. The molecular weight excluding hydrogens is 314 g/mol. The minimum atomic E-state index is -2.92. The van der Waals surface area contributed by atoms with Gasteiger partial charge in [-0.1, -0.05) is 0 Å². The van der Waals surface area contributed by atoms with E-state index in [1.807, 2.05) is 13.8 Å². The van der Waals surface area contributed by atoms with E-state index in [9.17, 15) is 13.2 Å². The van der Waals surface area contributed by atoms with E-state index in [1.54, 1.807) is 18.2 Å². The van der Waals surface area contributed by atoms with Crippen molar-refractivity contribution in [1.82, 2.24) is 15.3 Å². The zero-order valence-corrected chi connectivity index (χ0v) is 14.0. The van der Waals surface area contributed by atoms with Gasteiger partial charge in [0.1, 0.15) is 0 Å². The maximum absolute atomic E-state index is 12.2. The van der Waals surface area contributed by atoms with Crippen LogP contribution in [0.15, 0.2) is 18.2 Å². The predicted octanol–water partition coefficient (Wildman–Crippen LogP) is 1.41. The fourth-order valence-corrected chi connectivity index (χ4v) is 4.61. The van der Waals surface area contributed by atoms with Gasteiger partial charge in [0.15, 0.2) is 9.84 Å².